The van der Waals surface area contributed by atoms with Gasteiger partial charge in [0.15, 0.2) is 0 Å². The zero-order valence-electron chi connectivity index (χ0n) is 14.4. The van der Waals surface area contributed by atoms with Crippen molar-refractivity contribution < 1.29 is 22.4 Å². The number of methoxy groups -OCH3 is 1. The van der Waals surface area contributed by atoms with Crippen molar-refractivity contribution in [1.82, 2.24) is 4.72 Å². The minimum Gasteiger partial charge on any atom is -0.467 e. The molecular weight excluding hydrogens is 344 g/mol. The van der Waals surface area contributed by atoms with Crippen LogP contribution >= 0.6 is 0 Å². The van der Waals surface area contributed by atoms with Gasteiger partial charge in [0.05, 0.1) is 11.2 Å². The van der Waals surface area contributed by atoms with E-state index in [1.165, 1.54) is 19.4 Å². The molecule has 0 radical (unpaired) electrons. The van der Waals surface area contributed by atoms with E-state index in [4.69, 9.17) is 9.15 Å². The molecule has 0 spiro atoms. The minimum atomic E-state index is -3.72. The van der Waals surface area contributed by atoms with Crippen LogP contribution in [-0.2, 0) is 19.6 Å². The molecule has 0 saturated heterocycles. The second kappa shape index (κ2) is 8.28. The van der Waals surface area contributed by atoms with Crippen molar-refractivity contribution in [2.75, 3.05) is 19.0 Å². The molecule has 1 aromatic carbocycles. The van der Waals surface area contributed by atoms with E-state index >= 15 is 0 Å². The quantitative estimate of drug-likeness (QED) is 0.748. The van der Waals surface area contributed by atoms with E-state index in [9.17, 15) is 13.2 Å². The van der Waals surface area contributed by atoms with Gasteiger partial charge in [-0.2, -0.15) is 0 Å². The van der Waals surface area contributed by atoms with Gasteiger partial charge < -0.3 is 14.5 Å². The summed E-state index contributed by atoms with van der Waals surface area (Å²) < 4.78 is 38.1. The van der Waals surface area contributed by atoms with Crippen LogP contribution in [0.25, 0.3) is 0 Å². The van der Waals surface area contributed by atoms with Gasteiger partial charge in [0, 0.05) is 25.8 Å². The molecular formula is C17H22N2O5S. The summed E-state index contributed by atoms with van der Waals surface area (Å²) in [6.07, 6.45) is 1.34. The average molecular weight is 366 g/mol. The summed E-state index contributed by atoms with van der Waals surface area (Å²) in [6.45, 7) is 3.47. The Balaban J connectivity index is 2.12. The Morgan fingerprint density at radius 3 is 2.64 bits per heavy atom. The van der Waals surface area contributed by atoms with Crippen LogP contribution in [0.5, 0.6) is 0 Å². The molecule has 1 aromatic heterocycles. The summed E-state index contributed by atoms with van der Waals surface area (Å²) in [5.74, 6) is 0.411. The van der Waals surface area contributed by atoms with Crippen molar-refractivity contribution in [2.45, 2.75) is 31.3 Å². The Morgan fingerprint density at radius 2 is 2.08 bits per heavy atom. The van der Waals surface area contributed by atoms with Crippen LogP contribution in [0, 0.1) is 6.92 Å². The Morgan fingerprint density at radius 1 is 1.32 bits per heavy atom. The lowest BCUT2D eigenvalue weighted by Gasteiger charge is -2.15. The summed E-state index contributed by atoms with van der Waals surface area (Å²) in [7, 11) is -2.24. The van der Waals surface area contributed by atoms with Crippen molar-refractivity contribution in [2.24, 2.45) is 0 Å². The summed E-state index contributed by atoms with van der Waals surface area (Å²) in [6, 6.07) is 8.10. The van der Waals surface area contributed by atoms with Crippen LogP contribution in [0.2, 0.25) is 0 Å². The number of anilines is 1. The highest BCUT2D eigenvalue weighted by atomic mass is 32.2. The molecule has 1 heterocycles. The Kier molecular flexibility index (Phi) is 6.35. The lowest BCUT2D eigenvalue weighted by molar-refractivity contribution is -0.115. The SMILES string of the molecule is CCC(=O)Nc1ccc(S(=O)(=O)NCC(OC)c2ccco2)c(C)c1. The second-order valence-electron chi connectivity index (χ2n) is 5.47. The number of amides is 1. The predicted molar refractivity (Wildman–Crippen MR) is 93.7 cm³/mol. The fourth-order valence-electron chi connectivity index (χ4n) is 2.32. The molecule has 1 atom stereocenters. The topological polar surface area (TPSA) is 97.6 Å². The van der Waals surface area contributed by atoms with E-state index in [1.54, 1.807) is 38.1 Å². The maximum absolute atomic E-state index is 12.5. The zero-order valence-corrected chi connectivity index (χ0v) is 15.2. The van der Waals surface area contributed by atoms with Crippen molar-refractivity contribution >= 4 is 21.6 Å². The molecule has 136 valence electrons. The monoisotopic (exact) mass is 366 g/mol. The highest BCUT2D eigenvalue weighted by molar-refractivity contribution is 7.89. The molecule has 1 unspecified atom stereocenters. The molecule has 0 aliphatic carbocycles. The number of benzene rings is 1. The lowest BCUT2D eigenvalue weighted by atomic mass is 10.2. The molecule has 0 saturated carbocycles. The molecule has 2 N–H and O–H groups in total. The first-order chi connectivity index (χ1) is 11.9. The smallest absolute Gasteiger partial charge is 0.240 e. The first-order valence-electron chi connectivity index (χ1n) is 7.83. The van der Waals surface area contributed by atoms with Crippen molar-refractivity contribution in [3.63, 3.8) is 0 Å². The lowest BCUT2D eigenvalue weighted by Crippen LogP contribution is -2.29. The molecule has 8 heteroatoms. The summed E-state index contributed by atoms with van der Waals surface area (Å²) in [4.78, 5) is 11.6. The van der Waals surface area contributed by atoms with Crippen molar-refractivity contribution in [3.05, 3.63) is 47.9 Å². The normalized spacial score (nSPS) is 12.8. The maximum atomic E-state index is 12.5. The van der Waals surface area contributed by atoms with Gasteiger partial charge in [0.1, 0.15) is 11.9 Å². The molecule has 0 fully saturated rings. The third-order valence-electron chi connectivity index (χ3n) is 3.67. The van der Waals surface area contributed by atoms with E-state index in [-0.39, 0.29) is 17.3 Å². The first kappa shape index (κ1) is 19.2. The third kappa shape index (κ3) is 4.91. The number of carbonyl (C=O) groups excluding carboxylic acids is 1. The zero-order chi connectivity index (χ0) is 18.4. The molecule has 0 aliphatic heterocycles. The van der Waals surface area contributed by atoms with Crippen molar-refractivity contribution in [1.29, 1.82) is 0 Å². The number of hydrogen-bond acceptors (Lipinski definition) is 5. The first-order valence-corrected chi connectivity index (χ1v) is 9.32. The van der Waals surface area contributed by atoms with Crippen molar-refractivity contribution in [3.8, 4) is 0 Å². The largest absolute Gasteiger partial charge is 0.467 e. The molecule has 0 aliphatic rings. The minimum absolute atomic E-state index is 0.0418. The van der Waals surface area contributed by atoms with Crippen LogP contribution in [0.3, 0.4) is 0 Å². The molecule has 2 aromatic rings. The van der Waals surface area contributed by atoms with E-state index in [0.29, 0.717) is 23.4 Å². The number of ether oxygens (including phenoxy) is 1. The predicted octanol–water partition coefficient (Wildman–Crippen LogP) is 2.60. The standard InChI is InChI=1S/C17H22N2O5S/c1-4-17(20)19-13-7-8-16(12(2)10-13)25(21,22)18-11-15(23-3)14-6-5-9-24-14/h5-10,15,18H,4,11H2,1-3H3,(H,19,20). The Bertz CT molecular complexity index is 816. The Labute approximate surface area is 147 Å². The van der Waals surface area contributed by atoms with Crippen LogP contribution in [-0.4, -0.2) is 28.0 Å². The van der Waals surface area contributed by atoms with Gasteiger partial charge in [-0.3, -0.25) is 4.79 Å². The number of nitrogens with one attached hydrogen (secondary N) is 2. The number of aryl methyl sites for hydroxylation is 1. The fourth-order valence-corrected chi connectivity index (χ4v) is 3.57. The summed E-state index contributed by atoms with van der Waals surface area (Å²) in [5, 5.41) is 2.70. The van der Waals surface area contributed by atoms with Gasteiger partial charge in [-0.25, -0.2) is 13.1 Å². The number of rotatable bonds is 8. The van der Waals surface area contributed by atoms with E-state index in [1.807, 2.05) is 0 Å². The van der Waals surface area contributed by atoms with E-state index in [2.05, 4.69) is 10.0 Å². The highest BCUT2D eigenvalue weighted by Crippen LogP contribution is 2.21. The Hall–Kier alpha value is -2.16. The maximum Gasteiger partial charge on any atom is 0.240 e. The van der Waals surface area contributed by atoms with E-state index < -0.39 is 16.1 Å². The highest BCUT2D eigenvalue weighted by Gasteiger charge is 2.21. The molecule has 0 bridgehead atoms. The average Bonchev–Trinajstić information content (AvgIpc) is 3.09. The van der Waals surface area contributed by atoms with Gasteiger partial charge in [0.25, 0.3) is 0 Å². The van der Waals surface area contributed by atoms with Gasteiger partial charge in [-0.05, 0) is 42.8 Å². The number of hydrogen-bond donors (Lipinski definition) is 2. The molecule has 7 nitrogen and oxygen atoms in total. The van der Waals surface area contributed by atoms with Gasteiger partial charge in [-0.15, -0.1) is 0 Å². The summed E-state index contributed by atoms with van der Waals surface area (Å²) >= 11 is 0. The third-order valence-corrected chi connectivity index (χ3v) is 5.26. The number of furan rings is 1. The molecule has 25 heavy (non-hydrogen) atoms. The van der Waals surface area contributed by atoms with E-state index in [0.717, 1.165) is 0 Å². The summed E-state index contributed by atoms with van der Waals surface area (Å²) in [5.41, 5.74) is 1.10. The van der Waals surface area contributed by atoms with Gasteiger partial charge in [-0.1, -0.05) is 6.92 Å². The van der Waals surface area contributed by atoms with Crippen LogP contribution in [0.15, 0.2) is 45.9 Å². The molecule has 1 amide bonds. The number of carbonyl (C=O) groups is 1. The second-order valence-corrected chi connectivity index (χ2v) is 7.21. The number of sulfonamides is 1. The van der Waals surface area contributed by atoms with Gasteiger partial charge >= 0.3 is 0 Å². The molecule has 2 rings (SSSR count). The fraction of sp³-hybridized carbons (Fsp3) is 0.353. The van der Waals surface area contributed by atoms with Crippen LogP contribution in [0.1, 0.15) is 30.8 Å². The van der Waals surface area contributed by atoms with Crippen LogP contribution < -0.4 is 10.0 Å². The van der Waals surface area contributed by atoms with Crippen LogP contribution in [0.4, 0.5) is 5.69 Å². The van der Waals surface area contributed by atoms with Gasteiger partial charge in [0.2, 0.25) is 15.9 Å².